The van der Waals surface area contributed by atoms with Crippen molar-refractivity contribution in [2.45, 2.75) is 233 Å². The smallest absolute Gasteiger partial charge is 0.306 e. The molecule has 0 aliphatic rings. The highest BCUT2D eigenvalue weighted by molar-refractivity contribution is 5.70. The lowest BCUT2D eigenvalue weighted by Gasteiger charge is -2.27. The minimum atomic E-state index is -0.384. The Hall–Kier alpha value is -1.59. The molecule has 0 bridgehead atoms. The molecule has 0 aliphatic heterocycles. The molecule has 46 heavy (non-hydrogen) atoms. The van der Waals surface area contributed by atoms with E-state index in [0.717, 1.165) is 103 Å². The SMILES string of the molecule is CCCCCCCCC(OC(=O)CCCCCCC)C(CCCCCCCC(=O)OCCCCCC)OC(=O)CCCCCCC. The van der Waals surface area contributed by atoms with Crippen LogP contribution in [0.4, 0.5) is 0 Å². The summed E-state index contributed by atoms with van der Waals surface area (Å²) in [5, 5.41) is 0. The second kappa shape index (κ2) is 34.7. The van der Waals surface area contributed by atoms with Gasteiger partial charge < -0.3 is 14.2 Å². The summed E-state index contributed by atoms with van der Waals surface area (Å²) in [5.74, 6) is -0.383. The quantitative estimate of drug-likeness (QED) is 0.0385. The van der Waals surface area contributed by atoms with Crippen LogP contribution in [0.15, 0.2) is 0 Å². The maximum absolute atomic E-state index is 13.0. The van der Waals surface area contributed by atoms with E-state index in [4.69, 9.17) is 14.2 Å². The maximum Gasteiger partial charge on any atom is 0.306 e. The molecule has 0 N–H and O–H groups in total. The third-order valence-electron chi connectivity index (χ3n) is 8.92. The summed E-state index contributed by atoms with van der Waals surface area (Å²) in [7, 11) is 0. The number of carbonyl (C=O) groups excluding carboxylic acids is 3. The first kappa shape index (κ1) is 44.4. The Morgan fingerprint density at radius 1 is 0.370 bits per heavy atom. The predicted molar refractivity (Wildman–Crippen MR) is 192 cm³/mol. The zero-order valence-electron chi connectivity index (χ0n) is 31.0. The first-order valence-electron chi connectivity index (χ1n) is 20.0. The highest BCUT2D eigenvalue weighted by Gasteiger charge is 2.28. The van der Waals surface area contributed by atoms with Gasteiger partial charge in [-0.05, 0) is 51.4 Å². The Labute approximate surface area is 285 Å². The number of unbranched alkanes of at least 4 members (excludes halogenated alkanes) is 20. The lowest BCUT2D eigenvalue weighted by Crippen LogP contribution is -2.35. The van der Waals surface area contributed by atoms with Crippen LogP contribution in [-0.2, 0) is 28.6 Å². The van der Waals surface area contributed by atoms with E-state index in [-0.39, 0.29) is 30.1 Å². The van der Waals surface area contributed by atoms with Gasteiger partial charge in [-0.15, -0.1) is 0 Å². The van der Waals surface area contributed by atoms with Crippen molar-refractivity contribution in [2.75, 3.05) is 6.61 Å². The Morgan fingerprint density at radius 3 is 1.07 bits per heavy atom. The summed E-state index contributed by atoms with van der Waals surface area (Å²) in [4.78, 5) is 37.9. The minimum Gasteiger partial charge on any atom is -0.466 e. The lowest BCUT2D eigenvalue weighted by molar-refractivity contribution is -0.169. The number of rotatable bonds is 35. The van der Waals surface area contributed by atoms with Crippen LogP contribution in [0.3, 0.4) is 0 Å². The molecule has 0 spiro atoms. The molecule has 0 aliphatic carbocycles. The van der Waals surface area contributed by atoms with Crippen molar-refractivity contribution in [3.63, 3.8) is 0 Å². The molecular weight excluding hydrogens is 576 g/mol. The average molecular weight is 653 g/mol. The van der Waals surface area contributed by atoms with Crippen molar-refractivity contribution in [2.24, 2.45) is 0 Å². The summed E-state index contributed by atoms with van der Waals surface area (Å²) < 4.78 is 17.6. The summed E-state index contributed by atoms with van der Waals surface area (Å²) >= 11 is 0. The van der Waals surface area contributed by atoms with E-state index < -0.39 is 0 Å². The van der Waals surface area contributed by atoms with Gasteiger partial charge in [-0.25, -0.2) is 0 Å². The summed E-state index contributed by atoms with van der Waals surface area (Å²) in [6.45, 7) is 9.34. The van der Waals surface area contributed by atoms with Crippen molar-refractivity contribution >= 4 is 17.9 Å². The first-order chi connectivity index (χ1) is 22.5. The summed E-state index contributed by atoms with van der Waals surface area (Å²) in [5.41, 5.74) is 0. The number of ether oxygens (including phenoxy) is 3. The second-order valence-corrected chi connectivity index (χ2v) is 13.5. The molecule has 2 unspecified atom stereocenters. The molecule has 6 heteroatoms. The van der Waals surface area contributed by atoms with Gasteiger partial charge in [0, 0.05) is 19.3 Å². The highest BCUT2D eigenvalue weighted by Crippen LogP contribution is 2.22. The molecule has 0 radical (unpaired) electrons. The van der Waals surface area contributed by atoms with E-state index in [2.05, 4.69) is 27.7 Å². The third-order valence-corrected chi connectivity index (χ3v) is 8.92. The zero-order valence-corrected chi connectivity index (χ0v) is 31.0. The van der Waals surface area contributed by atoms with Gasteiger partial charge in [0.15, 0.2) is 0 Å². The van der Waals surface area contributed by atoms with Crippen molar-refractivity contribution in [1.29, 1.82) is 0 Å². The molecule has 6 nitrogen and oxygen atoms in total. The van der Waals surface area contributed by atoms with Gasteiger partial charge >= 0.3 is 17.9 Å². The molecule has 0 fully saturated rings. The molecule has 0 aromatic rings. The van der Waals surface area contributed by atoms with E-state index in [9.17, 15) is 14.4 Å². The van der Waals surface area contributed by atoms with Crippen LogP contribution in [0.1, 0.15) is 220 Å². The van der Waals surface area contributed by atoms with Crippen LogP contribution < -0.4 is 0 Å². The number of hydrogen-bond donors (Lipinski definition) is 0. The van der Waals surface area contributed by atoms with E-state index in [1.165, 1.54) is 64.2 Å². The van der Waals surface area contributed by atoms with Crippen LogP contribution in [0.2, 0.25) is 0 Å². The van der Waals surface area contributed by atoms with Crippen molar-refractivity contribution in [3.8, 4) is 0 Å². The molecule has 272 valence electrons. The van der Waals surface area contributed by atoms with E-state index in [0.29, 0.717) is 32.3 Å². The fourth-order valence-corrected chi connectivity index (χ4v) is 5.90. The molecule has 0 saturated heterocycles. The van der Waals surface area contributed by atoms with Gasteiger partial charge in [0.05, 0.1) is 6.61 Å². The normalized spacial score (nSPS) is 12.5. The summed E-state index contributed by atoms with van der Waals surface area (Å²) in [6.07, 6.45) is 29.2. The predicted octanol–water partition coefficient (Wildman–Crippen LogP) is 12.1. The van der Waals surface area contributed by atoms with Gasteiger partial charge in [0.25, 0.3) is 0 Å². The van der Waals surface area contributed by atoms with E-state index in [1.54, 1.807) is 0 Å². The molecule has 2 atom stereocenters. The first-order valence-corrected chi connectivity index (χ1v) is 20.0. The van der Waals surface area contributed by atoms with Gasteiger partial charge in [0.2, 0.25) is 0 Å². The van der Waals surface area contributed by atoms with Gasteiger partial charge in [-0.1, -0.05) is 150 Å². The van der Waals surface area contributed by atoms with Gasteiger partial charge in [-0.3, -0.25) is 14.4 Å². The molecular formula is C40H76O6. The van der Waals surface area contributed by atoms with Crippen LogP contribution in [0, 0.1) is 0 Å². The average Bonchev–Trinajstić information content (AvgIpc) is 3.04. The lowest BCUT2D eigenvalue weighted by atomic mass is 9.99. The standard InChI is InChI=1S/C40H76O6/c1-5-9-13-17-21-24-30-36(45-39(42)33-27-19-14-10-6-2)37(46-40(43)34-28-20-15-11-7-3)31-25-22-18-23-26-32-38(41)44-35-29-16-12-8-4/h36-37H,5-35H2,1-4H3. The topological polar surface area (TPSA) is 78.9 Å². The Kier molecular flexibility index (Phi) is 33.5. The fourth-order valence-electron chi connectivity index (χ4n) is 5.90. The molecule has 0 saturated carbocycles. The Morgan fingerprint density at radius 2 is 0.674 bits per heavy atom. The molecule has 0 amide bonds. The highest BCUT2D eigenvalue weighted by atomic mass is 16.6. The number of hydrogen-bond acceptors (Lipinski definition) is 6. The van der Waals surface area contributed by atoms with Crippen LogP contribution >= 0.6 is 0 Å². The Bertz CT molecular complexity index is 693. The molecule has 0 aromatic heterocycles. The minimum absolute atomic E-state index is 0.0807. The van der Waals surface area contributed by atoms with E-state index >= 15 is 0 Å². The van der Waals surface area contributed by atoms with E-state index in [1.807, 2.05) is 0 Å². The number of carbonyl (C=O) groups is 3. The summed E-state index contributed by atoms with van der Waals surface area (Å²) in [6, 6.07) is 0. The Balaban J connectivity index is 5.00. The fraction of sp³-hybridized carbons (Fsp3) is 0.925. The largest absolute Gasteiger partial charge is 0.466 e. The van der Waals surface area contributed by atoms with Gasteiger partial charge in [0.1, 0.15) is 12.2 Å². The van der Waals surface area contributed by atoms with Crippen molar-refractivity contribution in [1.82, 2.24) is 0 Å². The number of esters is 3. The van der Waals surface area contributed by atoms with Crippen LogP contribution in [0.25, 0.3) is 0 Å². The third kappa shape index (κ3) is 29.8. The van der Waals surface area contributed by atoms with Gasteiger partial charge in [-0.2, -0.15) is 0 Å². The van der Waals surface area contributed by atoms with Crippen molar-refractivity contribution < 1.29 is 28.6 Å². The molecule has 0 rings (SSSR count). The maximum atomic E-state index is 13.0. The zero-order chi connectivity index (χ0) is 33.9. The molecule has 0 heterocycles. The monoisotopic (exact) mass is 653 g/mol. The van der Waals surface area contributed by atoms with Crippen LogP contribution in [0.5, 0.6) is 0 Å². The van der Waals surface area contributed by atoms with Crippen LogP contribution in [-0.4, -0.2) is 36.7 Å². The van der Waals surface area contributed by atoms with Crippen molar-refractivity contribution in [3.05, 3.63) is 0 Å². The second-order valence-electron chi connectivity index (χ2n) is 13.5. The molecule has 0 aromatic carbocycles.